The van der Waals surface area contributed by atoms with Crippen molar-refractivity contribution < 1.29 is 19.1 Å². The fourth-order valence-electron chi connectivity index (χ4n) is 2.79. The first-order valence-corrected chi connectivity index (χ1v) is 8.68. The maximum atomic E-state index is 12.2. The maximum Gasteiger partial charge on any atom is 0.265 e. The minimum Gasteiger partial charge on any atom is -0.482 e. The van der Waals surface area contributed by atoms with E-state index in [2.05, 4.69) is 10.6 Å². The van der Waals surface area contributed by atoms with Gasteiger partial charge in [-0.2, -0.15) is 0 Å². The number of nitrogens with one attached hydrogen (secondary N) is 2. The number of ether oxygens (including phenoxy) is 1. The minimum absolute atomic E-state index is 0.0196. The molecule has 0 unspecified atom stereocenters. The van der Waals surface area contributed by atoms with Crippen LogP contribution < -0.4 is 20.3 Å². The second kappa shape index (κ2) is 8.35. The molecule has 0 radical (unpaired) electrons. The Morgan fingerprint density at radius 1 is 1.04 bits per heavy atom. The number of carbonyl (C=O) groups is 3. The Kier molecular flexibility index (Phi) is 5.71. The Balaban J connectivity index is 1.62. The lowest BCUT2D eigenvalue weighted by Crippen LogP contribution is -2.38. The third-order valence-electron chi connectivity index (χ3n) is 4.15. The highest BCUT2D eigenvalue weighted by atomic mass is 16.5. The van der Waals surface area contributed by atoms with E-state index in [1.54, 1.807) is 17.0 Å². The van der Waals surface area contributed by atoms with Gasteiger partial charge in [0.25, 0.3) is 11.8 Å². The number of hydrogen-bond acceptors (Lipinski definition) is 4. The molecule has 7 heteroatoms. The molecule has 0 saturated carbocycles. The second-order valence-corrected chi connectivity index (χ2v) is 6.17. The molecule has 0 aliphatic carbocycles. The number of fused-ring (bicyclic) bond motifs is 1. The van der Waals surface area contributed by atoms with Crippen molar-refractivity contribution in [1.82, 2.24) is 10.6 Å². The summed E-state index contributed by atoms with van der Waals surface area (Å²) in [6.07, 6.45) is 0. The van der Waals surface area contributed by atoms with Crippen LogP contribution in [0.2, 0.25) is 0 Å². The fourth-order valence-corrected chi connectivity index (χ4v) is 2.79. The molecule has 1 aliphatic heterocycles. The number of para-hydroxylation sites is 2. The summed E-state index contributed by atoms with van der Waals surface area (Å²) in [6, 6.07) is 14.5. The van der Waals surface area contributed by atoms with E-state index < -0.39 is 0 Å². The number of nitrogens with zero attached hydrogens (tertiary/aromatic N) is 1. The number of rotatable bonds is 6. The van der Waals surface area contributed by atoms with Crippen LogP contribution in [0.15, 0.2) is 48.5 Å². The second-order valence-electron chi connectivity index (χ2n) is 6.17. The van der Waals surface area contributed by atoms with Gasteiger partial charge < -0.3 is 20.3 Å². The largest absolute Gasteiger partial charge is 0.482 e. The van der Waals surface area contributed by atoms with Crippen LogP contribution in [0.25, 0.3) is 0 Å². The molecule has 27 heavy (non-hydrogen) atoms. The Labute approximate surface area is 157 Å². The van der Waals surface area contributed by atoms with E-state index in [9.17, 15) is 14.4 Å². The van der Waals surface area contributed by atoms with Crippen molar-refractivity contribution in [3.63, 3.8) is 0 Å². The Bertz CT molecular complexity index is 849. The van der Waals surface area contributed by atoms with Gasteiger partial charge in [0.1, 0.15) is 5.75 Å². The lowest BCUT2D eigenvalue weighted by Gasteiger charge is -2.29. The summed E-state index contributed by atoms with van der Waals surface area (Å²) in [5.74, 6) is 0.244. The van der Waals surface area contributed by atoms with E-state index in [0.717, 1.165) is 11.3 Å². The number of anilines is 1. The first-order valence-electron chi connectivity index (χ1n) is 8.68. The predicted molar refractivity (Wildman–Crippen MR) is 101 cm³/mol. The molecule has 1 aliphatic rings. The Morgan fingerprint density at radius 3 is 2.48 bits per heavy atom. The third kappa shape index (κ3) is 4.63. The molecule has 0 spiro atoms. The molecule has 2 N–H and O–H groups in total. The highest BCUT2D eigenvalue weighted by Gasteiger charge is 2.25. The molecule has 2 aromatic carbocycles. The summed E-state index contributed by atoms with van der Waals surface area (Å²) in [4.78, 5) is 36.8. The molecule has 0 saturated heterocycles. The van der Waals surface area contributed by atoms with Crippen LogP contribution in [0.1, 0.15) is 22.8 Å². The average Bonchev–Trinajstić information content (AvgIpc) is 2.67. The molecule has 140 valence electrons. The van der Waals surface area contributed by atoms with Crippen LogP contribution in [0, 0.1) is 0 Å². The van der Waals surface area contributed by atoms with Crippen molar-refractivity contribution in [1.29, 1.82) is 0 Å². The smallest absolute Gasteiger partial charge is 0.265 e. The zero-order chi connectivity index (χ0) is 19.2. The van der Waals surface area contributed by atoms with Gasteiger partial charge in [0.2, 0.25) is 5.91 Å². The molecule has 7 nitrogen and oxygen atoms in total. The van der Waals surface area contributed by atoms with Gasteiger partial charge in [0.15, 0.2) is 6.61 Å². The van der Waals surface area contributed by atoms with Crippen molar-refractivity contribution in [2.24, 2.45) is 0 Å². The van der Waals surface area contributed by atoms with E-state index in [1.165, 1.54) is 6.92 Å². The SMILES string of the molecule is CC(=O)NCCNC(=O)c1ccc(CN2C(=O)COc3ccccc32)cc1. The molecule has 2 aromatic rings. The van der Waals surface area contributed by atoms with Crippen LogP contribution in [0.5, 0.6) is 5.75 Å². The summed E-state index contributed by atoms with van der Waals surface area (Å²) in [5.41, 5.74) is 2.18. The summed E-state index contributed by atoms with van der Waals surface area (Å²) in [7, 11) is 0. The van der Waals surface area contributed by atoms with Crippen LogP contribution in [-0.4, -0.2) is 37.4 Å². The monoisotopic (exact) mass is 367 g/mol. The standard InChI is InChI=1S/C20H21N3O4/c1-14(24)21-10-11-22-20(26)16-8-6-15(7-9-16)12-23-17-4-2-3-5-18(17)27-13-19(23)25/h2-9H,10-13H2,1H3,(H,21,24)(H,22,26). The quantitative estimate of drug-likeness (QED) is 0.757. The highest BCUT2D eigenvalue weighted by molar-refractivity contribution is 5.98. The zero-order valence-corrected chi connectivity index (χ0v) is 15.0. The number of amides is 3. The van der Waals surface area contributed by atoms with Gasteiger partial charge in [0.05, 0.1) is 12.2 Å². The van der Waals surface area contributed by atoms with Gasteiger partial charge in [-0.3, -0.25) is 14.4 Å². The van der Waals surface area contributed by atoms with Gasteiger partial charge in [-0.05, 0) is 29.8 Å². The molecule has 0 atom stereocenters. The lowest BCUT2D eigenvalue weighted by molar-refractivity contribution is -0.121. The number of benzene rings is 2. The van der Waals surface area contributed by atoms with Crippen molar-refractivity contribution in [2.75, 3.05) is 24.6 Å². The number of carbonyl (C=O) groups excluding carboxylic acids is 3. The van der Waals surface area contributed by atoms with Gasteiger partial charge >= 0.3 is 0 Å². The summed E-state index contributed by atoms with van der Waals surface area (Å²) in [6.45, 7) is 2.60. The minimum atomic E-state index is -0.209. The first-order chi connectivity index (χ1) is 13.0. The third-order valence-corrected chi connectivity index (χ3v) is 4.15. The molecule has 0 fully saturated rings. The lowest BCUT2D eigenvalue weighted by atomic mass is 10.1. The van der Waals surface area contributed by atoms with Gasteiger partial charge in [-0.15, -0.1) is 0 Å². The zero-order valence-electron chi connectivity index (χ0n) is 15.0. The van der Waals surface area contributed by atoms with Crippen LogP contribution in [0.3, 0.4) is 0 Å². The van der Waals surface area contributed by atoms with E-state index >= 15 is 0 Å². The van der Waals surface area contributed by atoms with E-state index in [4.69, 9.17) is 4.74 Å². The van der Waals surface area contributed by atoms with Crippen LogP contribution in [0.4, 0.5) is 5.69 Å². The van der Waals surface area contributed by atoms with Crippen LogP contribution >= 0.6 is 0 Å². The summed E-state index contributed by atoms with van der Waals surface area (Å²) in [5, 5.41) is 5.36. The summed E-state index contributed by atoms with van der Waals surface area (Å²) >= 11 is 0. The first kappa shape index (κ1) is 18.4. The molecule has 3 amide bonds. The molecular formula is C20H21N3O4. The van der Waals surface area contributed by atoms with Gasteiger partial charge in [-0.1, -0.05) is 24.3 Å². The molecule has 1 heterocycles. The van der Waals surface area contributed by atoms with Crippen molar-refractivity contribution >= 4 is 23.4 Å². The summed E-state index contributed by atoms with van der Waals surface area (Å²) < 4.78 is 5.45. The molecular weight excluding hydrogens is 346 g/mol. The molecule has 0 bridgehead atoms. The predicted octanol–water partition coefficient (Wildman–Crippen LogP) is 1.48. The molecule has 3 rings (SSSR count). The highest BCUT2D eigenvalue weighted by Crippen LogP contribution is 2.32. The van der Waals surface area contributed by atoms with Crippen molar-refractivity contribution in [3.8, 4) is 5.75 Å². The fraction of sp³-hybridized carbons (Fsp3) is 0.250. The Hall–Kier alpha value is -3.35. The van der Waals surface area contributed by atoms with Gasteiger partial charge in [-0.25, -0.2) is 0 Å². The normalized spacial score (nSPS) is 12.8. The van der Waals surface area contributed by atoms with Crippen molar-refractivity contribution in [2.45, 2.75) is 13.5 Å². The van der Waals surface area contributed by atoms with Crippen molar-refractivity contribution in [3.05, 3.63) is 59.7 Å². The average molecular weight is 367 g/mol. The Morgan fingerprint density at radius 2 is 1.74 bits per heavy atom. The topological polar surface area (TPSA) is 87.7 Å². The van der Waals surface area contributed by atoms with Crippen LogP contribution in [-0.2, 0) is 16.1 Å². The maximum absolute atomic E-state index is 12.2. The van der Waals surface area contributed by atoms with E-state index in [0.29, 0.717) is 30.9 Å². The van der Waals surface area contributed by atoms with Gasteiger partial charge in [0, 0.05) is 25.6 Å². The van der Waals surface area contributed by atoms with E-state index in [1.807, 2.05) is 36.4 Å². The number of hydrogen-bond donors (Lipinski definition) is 2. The van der Waals surface area contributed by atoms with E-state index in [-0.39, 0.29) is 24.3 Å². The molecule has 0 aromatic heterocycles.